The lowest BCUT2D eigenvalue weighted by Crippen LogP contribution is -2.39. The zero-order valence-electron chi connectivity index (χ0n) is 16.7. The first kappa shape index (κ1) is 19.5. The number of fused-ring (bicyclic) bond motifs is 5. The fourth-order valence-corrected chi connectivity index (χ4v) is 5.70. The normalized spacial score (nSPS) is 24.4. The molecule has 3 aliphatic heterocycles. The summed E-state index contributed by atoms with van der Waals surface area (Å²) in [4.78, 5) is 41.0. The van der Waals surface area contributed by atoms with Crippen molar-refractivity contribution in [2.24, 2.45) is 11.7 Å². The number of methoxy groups -OCH3 is 2. The Morgan fingerprint density at radius 2 is 1.68 bits per heavy atom. The number of carbonyl (C=O) groups is 3. The highest BCUT2D eigenvalue weighted by molar-refractivity contribution is 8.04. The summed E-state index contributed by atoms with van der Waals surface area (Å²) in [6.07, 6.45) is 0. The first-order valence-electron chi connectivity index (χ1n) is 9.54. The molecule has 9 heteroatoms. The molecule has 2 amide bonds. The monoisotopic (exact) mass is 438 g/mol. The predicted octanol–water partition coefficient (Wildman–Crippen LogP) is 2.18. The third-order valence-corrected chi connectivity index (χ3v) is 7.01. The number of para-hydroxylation sites is 3. The summed E-state index contributed by atoms with van der Waals surface area (Å²) in [5.41, 5.74) is 7.37. The highest BCUT2D eigenvalue weighted by Crippen LogP contribution is 2.56. The summed E-state index contributed by atoms with van der Waals surface area (Å²) in [7, 11) is 2.94. The van der Waals surface area contributed by atoms with Gasteiger partial charge < -0.3 is 19.9 Å². The van der Waals surface area contributed by atoms with Crippen LogP contribution in [0.5, 0.6) is 17.2 Å². The minimum absolute atomic E-state index is 0.188. The van der Waals surface area contributed by atoms with E-state index < -0.39 is 34.9 Å². The van der Waals surface area contributed by atoms with Crippen molar-refractivity contribution in [3.05, 3.63) is 58.6 Å². The Labute approximate surface area is 181 Å². The Balaban J connectivity index is 1.68. The molecule has 2 N–H and O–H groups in total. The summed E-state index contributed by atoms with van der Waals surface area (Å²) in [5.74, 6) is -1.95. The first-order valence-corrected chi connectivity index (χ1v) is 10.4. The number of hydrogen-bond acceptors (Lipinski definition) is 8. The Bertz CT molecular complexity index is 1180. The van der Waals surface area contributed by atoms with E-state index in [0.717, 1.165) is 16.7 Å². The maximum Gasteiger partial charge on any atom is 0.342 e. The van der Waals surface area contributed by atoms with E-state index in [-0.39, 0.29) is 16.4 Å². The van der Waals surface area contributed by atoms with Crippen molar-refractivity contribution < 1.29 is 28.6 Å². The van der Waals surface area contributed by atoms with Crippen LogP contribution in [0.3, 0.4) is 0 Å². The highest BCUT2D eigenvalue weighted by Gasteiger charge is 2.59. The molecule has 3 heterocycles. The number of benzene rings is 2. The molecule has 1 fully saturated rings. The van der Waals surface area contributed by atoms with Crippen molar-refractivity contribution in [1.82, 2.24) is 0 Å². The lowest BCUT2D eigenvalue weighted by atomic mass is 9.77. The van der Waals surface area contributed by atoms with Gasteiger partial charge in [-0.25, -0.2) is 9.69 Å². The molecule has 31 heavy (non-hydrogen) atoms. The second-order valence-corrected chi connectivity index (χ2v) is 8.46. The van der Waals surface area contributed by atoms with E-state index in [4.69, 9.17) is 19.9 Å². The van der Waals surface area contributed by atoms with Crippen LogP contribution >= 0.6 is 11.8 Å². The number of imide groups is 1. The number of ether oxygens (including phenoxy) is 3. The van der Waals surface area contributed by atoms with Gasteiger partial charge in [0.25, 0.3) is 0 Å². The Kier molecular flexibility index (Phi) is 4.44. The largest absolute Gasteiger partial charge is 0.495 e. The van der Waals surface area contributed by atoms with Gasteiger partial charge in [0, 0.05) is 11.5 Å². The van der Waals surface area contributed by atoms with Crippen molar-refractivity contribution in [3.63, 3.8) is 0 Å². The molecule has 3 atom stereocenters. The lowest BCUT2D eigenvalue weighted by molar-refractivity contribution is -0.132. The van der Waals surface area contributed by atoms with E-state index in [1.165, 1.54) is 14.2 Å². The average molecular weight is 438 g/mol. The number of esters is 1. The van der Waals surface area contributed by atoms with Crippen molar-refractivity contribution >= 4 is 35.2 Å². The molecule has 0 radical (unpaired) electrons. The number of nitrogens with zero attached hydrogens (tertiary/aromatic N) is 1. The Hall–Kier alpha value is -3.46. The van der Waals surface area contributed by atoms with Gasteiger partial charge in [0.15, 0.2) is 11.5 Å². The van der Waals surface area contributed by atoms with Crippen molar-refractivity contribution in [1.29, 1.82) is 0 Å². The van der Waals surface area contributed by atoms with Crippen LogP contribution in [-0.2, 0) is 14.4 Å². The summed E-state index contributed by atoms with van der Waals surface area (Å²) in [5, 5.41) is -0.580. The third-order valence-electron chi connectivity index (χ3n) is 5.79. The summed E-state index contributed by atoms with van der Waals surface area (Å²) in [6.45, 7) is 0. The maximum atomic E-state index is 13.6. The first-order chi connectivity index (χ1) is 15.0. The van der Waals surface area contributed by atoms with Gasteiger partial charge in [0.05, 0.1) is 36.4 Å². The number of carbonyl (C=O) groups excluding carboxylic acids is 3. The molecule has 2 aromatic carbocycles. The second kappa shape index (κ2) is 7.05. The van der Waals surface area contributed by atoms with Crippen molar-refractivity contribution in [3.8, 4) is 17.2 Å². The molecule has 3 aliphatic rings. The van der Waals surface area contributed by atoms with Crippen LogP contribution in [-0.4, -0.2) is 37.3 Å². The van der Waals surface area contributed by atoms with Crippen LogP contribution in [0, 0.1) is 5.92 Å². The van der Waals surface area contributed by atoms with Gasteiger partial charge in [-0.3, -0.25) is 9.59 Å². The molecular formula is C22H18N2O6S. The zero-order valence-corrected chi connectivity index (χ0v) is 17.5. The molecular weight excluding hydrogens is 420 g/mol. The molecule has 158 valence electrons. The highest BCUT2D eigenvalue weighted by atomic mass is 32.2. The second-order valence-electron chi connectivity index (χ2n) is 7.27. The van der Waals surface area contributed by atoms with Gasteiger partial charge in [0.1, 0.15) is 11.0 Å². The van der Waals surface area contributed by atoms with Crippen LogP contribution in [0.4, 0.5) is 5.69 Å². The number of anilines is 1. The average Bonchev–Trinajstić information content (AvgIpc) is 3.02. The van der Waals surface area contributed by atoms with Crippen molar-refractivity contribution in [2.45, 2.75) is 11.2 Å². The van der Waals surface area contributed by atoms with Gasteiger partial charge >= 0.3 is 5.97 Å². The molecule has 0 spiro atoms. The van der Waals surface area contributed by atoms with Gasteiger partial charge in [-0.2, -0.15) is 0 Å². The Morgan fingerprint density at radius 3 is 2.42 bits per heavy atom. The number of thioether (sulfide) groups is 1. The van der Waals surface area contributed by atoms with Crippen LogP contribution < -0.4 is 24.8 Å². The van der Waals surface area contributed by atoms with E-state index in [1.807, 2.05) is 0 Å². The third kappa shape index (κ3) is 2.66. The smallest absolute Gasteiger partial charge is 0.342 e. The van der Waals surface area contributed by atoms with Crippen molar-refractivity contribution in [2.75, 3.05) is 19.1 Å². The zero-order chi connectivity index (χ0) is 21.9. The molecule has 0 saturated carbocycles. The maximum absolute atomic E-state index is 13.6. The quantitative estimate of drug-likeness (QED) is 0.441. The number of rotatable bonds is 3. The van der Waals surface area contributed by atoms with Gasteiger partial charge in [-0.15, -0.1) is 0 Å². The molecule has 0 bridgehead atoms. The van der Waals surface area contributed by atoms with Gasteiger partial charge in [-0.05, 0) is 18.2 Å². The number of hydrogen-bond donors (Lipinski definition) is 1. The van der Waals surface area contributed by atoms with E-state index in [0.29, 0.717) is 22.7 Å². The van der Waals surface area contributed by atoms with E-state index in [9.17, 15) is 14.4 Å². The molecule has 5 rings (SSSR count). The molecule has 0 aromatic heterocycles. The van der Waals surface area contributed by atoms with E-state index in [2.05, 4.69) is 0 Å². The van der Waals surface area contributed by atoms with Gasteiger partial charge in [-0.1, -0.05) is 36.0 Å². The topological polar surface area (TPSA) is 108 Å². The SMILES string of the molecule is COc1ccccc1N1C(=O)[C@H]2[C@@H](SC(N)=C3C(=O)Oc4c(OC)cccc4[C@H]32)C1=O. The van der Waals surface area contributed by atoms with E-state index >= 15 is 0 Å². The van der Waals surface area contributed by atoms with E-state index in [1.54, 1.807) is 42.5 Å². The molecule has 1 saturated heterocycles. The number of amides is 2. The summed E-state index contributed by atoms with van der Waals surface area (Å²) < 4.78 is 16.2. The van der Waals surface area contributed by atoms with Gasteiger partial charge in [0.2, 0.25) is 11.8 Å². The summed E-state index contributed by atoms with van der Waals surface area (Å²) >= 11 is 1.03. The predicted molar refractivity (Wildman–Crippen MR) is 113 cm³/mol. The van der Waals surface area contributed by atoms with Crippen LogP contribution in [0.1, 0.15) is 11.5 Å². The van der Waals surface area contributed by atoms with Crippen LogP contribution in [0.25, 0.3) is 0 Å². The van der Waals surface area contributed by atoms with Crippen LogP contribution in [0.15, 0.2) is 53.1 Å². The fourth-order valence-electron chi connectivity index (χ4n) is 4.47. The number of nitrogens with two attached hydrogens (primary N) is 1. The standard InChI is InChI=1S/C22H18N2O6S/c1-28-12-8-4-3-7-11(12)24-20(25)15-14-10-6-5-9-13(29-2)17(10)30-22(27)16(14)19(23)31-18(15)21(24)26/h3-9,14-15,18H,23H2,1-2H3/t14-,15+,18+/m0/s1. The molecule has 2 aromatic rings. The molecule has 0 aliphatic carbocycles. The Morgan fingerprint density at radius 1 is 0.968 bits per heavy atom. The molecule has 0 unspecified atom stereocenters. The molecule has 8 nitrogen and oxygen atoms in total. The summed E-state index contributed by atoms with van der Waals surface area (Å²) in [6, 6.07) is 12.0. The lowest BCUT2D eigenvalue weighted by Gasteiger charge is -2.36. The fraction of sp³-hybridized carbons (Fsp3) is 0.227. The minimum atomic E-state index is -0.816. The van der Waals surface area contributed by atoms with Crippen LogP contribution in [0.2, 0.25) is 0 Å². The minimum Gasteiger partial charge on any atom is -0.495 e.